The fraction of sp³-hybridized carbons (Fsp3) is 0.200. The number of carbonyl (C=O) groups excluding carboxylic acids is 1. The number of nitrogens with zero attached hydrogens (tertiary/aromatic N) is 3. The standard InChI is InChI=1S/C25H20F3N3O4S/c1-35-12-11-30-16-31(36(33,34)20-7-4-6-19(14-20)25(26,27)28)23-13-17(9-10-22(23)24(30)32)21-8-3-2-5-18(21)15-29/h2-10,13-14H,11-12,16H2,1H3. The van der Waals surface area contributed by atoms with Gasteiger partial charge in [0.05, 0.1) is 39.9 Å². The largest absolute Gasteiger partial charge is 0.416 e. The van der Waals surface area contributed by atoms with Gasteiger partial charge < -0.3 is 9.64 Å². The average molecular weight is 516 g/mol. The van der Waals surface area contributed by atoms with Gasteiger partial charge in [0, 0.05) is 13.7 Å². The highest BCUT2D eigenvalue weighted by atomic mass is 32.2. The average Bonchev–Trinajstić information content (AvgIpc) is 2.87. The van der Waals surface area contributed by atoms with Gasteiger partial charge in [0.15, 0.2) is 0 Å². The van der Waals surface area contributed by atoms with Crippen LogP contribution in [0.15, 0.2) is 71.6 Å². The molecule has 186 valence electrons. The molecule has 0 aromatic heterocycles. The van der Waals surface area contributed by atoms with Crippen LogP contribution in [0.3, 0.4) is 0 Å². The van der Waals surface area contributed by atoms with E-state index >= 15 is 0 Å². The summed E-state index contributed by atoms with van der Waals surface area (Å²) >= 11 is 0. The number of ether oxygens (including phenoxy) is 1. The Morgan fingerprint density at radius 2 is 1.78 bits per heavy atom. The van der Waals surface area contributed by atoms with Crippen molar-refractivity contribution in [3.8, 4) is 17.2 Å². The molecule has 36 heavy (non-hydrogen) atoms. The molecular weight excluding hydrogens is 495 g/mol. The number of carbonyl (C=O) groups is 1. The first-order chi connectivity index (χ1) is 17.1. The Kier molecular flexibility index (Phi) is 6.75. The van der Waals surface area contributed by atoms with Crippen LogP contribution in [0.25, 0.3) is 11.1 Å². The lowest BCUT2D eigenvalue weighted by molar-refractivity contribution is -0.137. The highest BCUT2D eigenvalue weighted by Gasteiger charge is 2.38. The zero-order valence-corrected chi connectivity index (χ0v) is 19.8. The molecular formula is C25H20F3N3O4S. The Balaban J connectivity index is 1.89. The second-order valence-electron chi connectivity index (χ2n) is 7.97. The number of rotatable bonds is 6. The molecule has 1 aliphatic heterocycles. The van der Waals surface area contributed by atoms with Crippen molar-refractivity contribution in [1.29, 1.82) is 5.26 Å². The summed E-state index contributed by atoms with van der Waals surface area (Å²) in [4.78, 5) is 13.8. The lowest BCUT2D eigenvalue weighted by atomic mass is 9.97. The van der Waals surface area contributed by atoms with Gasteiger partial charge in [-0.1, -0.05) is 30.3 Å². The van der Waals surface area contributed by atoms with Crippen LogP contribution in [0.4, 0.5) is 18.9 Å². The van der Waals surface area contributed by atoms with Crippen molar-refractivity contribution in [2.45, 2.75) is 11.1 Å². The molecule has 0 bridgehead atoms. The quantitative estimate of drug-likeness (QED) is 0.482. The molecule has 0 fully saturated rings. The lowest BCUT2D eigenvalue weighted by Crippen LogP contribution is -2.50. The summed E-state index contributed by atoms with van der Waals surface area (Å²) in [6.07, 6.45) is -4.74. The van der Waals surface area contributed by atoms with Crippen LogP contribution >= 0.6 is 0 Å². The number of alkyl halides is 3. The minimum absolute atomic E-state index is 0.0105. The Labute approximate surface area is 206 Å². The third kappa shape index (κ3) is 4.65. The Morgan fingerprint density at radius 1 is 1.03 bits per heavy atom. The maximum absolute atomic E-state index is 13.7. The predicted octanol–water partition coefficient (Wildman–Crippen LogP) is 4.50. The van der Waals surface area contributed by atoms with Gasteiger partial charge in [0.2, 0.25) is 0 Å². The van der Waals surface area contributed by atoms with Gasteiger partial charge in [-0.25, -0.2) is 12.7 Å². The van der Waals surface area contributed by atoms with Crippen LogP contribution in [-0.4, -0.2) is 46.2 Å². The Morgan fingerprint density at radius 3 is 2.47 bits per heavy atom. The Bertz CT molecular complexity index is 1470. The van der Waals surface area contributed by atoms with E-state index in [2.05, 4.69) is 6.07 Å². The van der Waals surface area contributed by atoms with E-state index in [1.54, 1.807) is 30.3 Å². The molecule has 1 amide bonds. The molecule has 0 saturated carbocycles. The van der Waals surface area contributed by atoms with E-state index < -0.39 is 39.2 Å². The summed E-state index contributed by atoms with van der Waals surface area (Å²) < 4.78 is 73.2. The summed E-state index contributed by atoms with van der Waals surface area (Å²) in [5.74, 6) is -0.447. The number of hydrogen-bond donors (Lipinski definition) is 0. The lowest BCUT2D eigenvalue weighted by Gasteiger charge is -2.37. The van der Waals surface area contributed by atoms with Gasteiger partial charge in [-0.15, -0.1) is 0 Å². The van der Waals surface area contributed by atoms with Crippen LogP contribution in [-0.2, 0) is 20.9 Å². The van der Waals surface area contributed by atoms with E-state index in [-0.39, 0.29) is 24.4 Å². The molecule has 0 saturated heterocycles. The number of nitriles is 1. The summed E-state index contributed by atoms with van der Waals surface area (Å²) in [6.45, 7) is -0.217. The van der Waals surface area contributed by atoms with Gasteiger partial charge in [0.1, 0.15) is 6.67 Å². The number of halogens is 3. The van der Waals surface area contributed by atoms with E-state index in [0.717, 1.165) is 22.5 Å². The summed E-state index contributed by atoms with van der Waals surface area (Å²) in [7, 11) is -3.09. The first-order valence-corrected chi connectivity index (χ1v) is 12.1. The van der Waals surface area contributed by atoms with E-state index in [1.165, 1.54) is 24.1 Å². The van der Waals surface area contributed by atoms with Crippen molar-refractivity contribution in [3.63, 3.8) is 0 Å². The number of amides is 1. The van der Waals surface area contributed by atoms with Gasteiger partial charge >= 0.3 is 6.18 Å². The summed E-state index contributed by atoms with van der Waals surface area (Å²) in [6, 6.07) is 16.7. The molecule has 3 aromatic carbocycles. The highest BCUT2D eigenvalue weighted by molar-refractivity contribution is 7.92. The van der Waals surface area contributed by atoms with Crippen LogP contribution in [0.5, 0.6) is 0 Å². The number of sulfonamides is 1. The molecule has 0 aliphatic carbocycles. The van der Waals surface area contributed by atoms with E-state index in [9.17, 15) is 31.6 Å². The number of anilines is 1. The maximum Gasteiger partial charge on any atom is 0.416 e. The summed E-state index contributed by atoms with van der Waals surface area (Å²) in [5.41, 5.74) is 0.308. The number of fused-ring (bicyclic) bond motifs is 1. The van der Waals surface area contributed by atoms with E-state index in [1.807, 2.05) is 0 Å². The molecule has 0 N–H and O–H groups in total. The zero-order valence-electron chi connectivity index (χ0n) is 19.0. The van der Waals surface area contributed by atoms with Gasteiger partial charge in [-0.2, -0.15) is 18.4 Å². The van der Waals surface area contributed by atoms with Crippen molar-refractivity contribution < 1.29 is 31.1 Å². The first-order valence-electron chi connectivity index (χ1n) is 10.7. The topological polar surface area (TPSA) is 90.7 Å². The fourth-order valence-electron chi connectivity index (χ4n) is 3.92. The Hall–Kier alpha value is -3.88. The van der Waals surface area contributed by atoms with Crippen LogP contribution in [0.1, 0.15) is 21.5 Å². The minimum Gasteiger partial charge on any atom is -0.383 e. The molecule has 1 heterocycles. The van der Waals surface area contributed by atoms with Crippen LogP contribution < -0.4 is 4.31 Å². The van der Waals surface area contributed by atoms with Gasteiger partial charge in [0.25, 0.3) is 15.9 Å². The smallest absolute Gasteiger partial charge is 0.383 e. The van der Waals surface area contributed by atoms with E-state index in [0.29, 0.717) is 22.8 Å². The molecule has 0 unspecified atom stereocenters. The highest BCUT2D eigenvalue weighted by Crippen LogP contribution is 2.37. The van der Waals surface area contributed by atoms with Crippen molar-refractivity contribution >= 4 is 21.6 Å². The molecule has 0 spiro atoms. The van der Waals surface area contributed by atoms with Crippen LogP contribution in [0, 0.1) is 11.3 Å². The first kappa shape index (κ1) is 25.2. The van der Waals surface area contributed by atoms with Crippen molar-refractivity contribution in [2.75, 3.05) is 31.2 Å². The molecule has 3 aromatic rings. The van der Waals surface area contributed by atoms with Gasteiger partial charge in [-0.3, -0.25) is 4.79 Å². The third-order valence-corrected chi connectivity index (χ3v) is 7.50. The fourth-order valence-corrected chi connectivity index (χ4v) is 5.41. The molecule has 0 atom stereocenters. The molecule has 0 radical (unpaired) electrons. The monoisotopic (exact) mass is 515 g/mol. The van der Waals surface area contributed by atoms with Crippen molar-refractivity contribution in [1.82, 2.24) is 4.90 Å². The molecule has 11 heteroatoms. The number of benzene rings is 3. The summed E-state index contributed by atoms with van der Waals surface area (Å²) in [5, 5.41) is 9.48. The molecule has 1 aliphatic rings. The maximum atomic E-state index is 13.7. The number of methoxy groups -OCH3 is 1. The van der Waals surface area contributed by atoms with Crippen molar-refractivity contribution in [2.24, 2.45) is 0 Å². The zero-order chi connectivity index (χ0) is 26.1. The van der Waals surface area contributed by atoms with Crippen LogP contribution in [0.2, 0.25) is 0 Å². The number of hydrogen-bond acceptors (Lipinski definition) is 5. The van der Waals surface area contributed by atoms with Crippen molar-refractivity contribution in [3.05, 3.63) is 83.4 Å². The predicted molar refractivity (Wildman–Crippen MR) is 125 cm³/mol. The second-order valence-corrected chi connectivity index (χ2v) is 9.83. The third-order valence-electron chi connectivity index (χ3n) is 5.76. The minimum atomic E-state index is -4.74. The van der Waals surface area contributed by atoms with Gasteiger partial charge in [-0.05, 0) is 47.5 Å². The molecule has 7 nitrogen and oxygen atoms in total. The normalized spacial score (nSPS) is 13.9. The SMILES string of the molecule is COCCN1CN(S(=O)(=O)c2cccc(C(F)(F)F)c2)c2cc(-c3ccccc3C#N)ccc2C1=O. The second kappa shape index (κ2) is 9.64. The van der Waals surface area contributed by atoms with E-state index in [4.69, 9.17) is 4.74 Å². The molecule has 4 rings (SSSR count).